The number of phenolic OH excluding ortho intramolecular Hbond substituents is 3. The minimum absolute atomic E-state index is 0. The molecule has 0 unspecified atom stereocenters. The monoisotopic (exact) mass is 258 g/mol. The summed E-state index contributed by atoms with van der Waals surface area (Å²) in [4.78, 5) is 0. The molecule has 3 nitrogen and oxygen atoms in total. The zero-order chi connectivity index (χ0) is 12.3. The van der Waals surface area contributed by atoms with Crippen molar-refractivity contribution in [1.82, 2.24) is 0 Å². The van der Waals surface area contributed by atoms with E-state index in [9.17, 15) is 10.2 Å². The third kappa shape index (κ3) is 3.85. The molecule has 0 fully saturated rings. The first-order chi connectivity index (χ1) is 8.13. The maximum absolute atomic E-state index is 9.30. The molecule has 18 heavy (non-hydrogen) atoms. The smallest absolute Gasteiger partial charge is 0.187 e. The van der Waals surface area contributed by atoms with E-state index in [2.05, 4.69) is 0 Å². The molecule has 0 saturated heterocycles. The molecule has 2 rings (SSSR count). The van der Waals surface area contributed by atoms with Crippen LogP contribution in [0.3, 0.4) is 0 Å². The van der Waals surface area contributed by atoms with Gasteiger partial charge in [0.2, 0.25) is 0 Å². The molecule has 0 bridgehead atoms. The average Bonchev–Trinajstić information content (AvgIpc) is 2.27. The van der Waals surface area contributed by atoms with Crippen molar-refractivity contribution in [2.45, 2.75) is 0 Å². The van der Waals surface area contributed by atoms with Crippen LogP contribution in [0.1, 0.15) is 11.1 Å². The minimum Gasteiger partial charge on any atom is -0.508 e. The highest BCUT2D eigenvalue weighted by Gasteiger charge is 1.95. The molecular weight excluding hydrogens is 243 g/mol. The predicted molar refractivity (Wildman–Crippen MR) is 76.7 cm³/mol. The summed E-state index contributed by atoms with van der Waals surface area (Å²) in [6.07, 6.45) is 3.60. The van der Waals surface area contributed by atoms with Gasteiger partial charge in [0.1, 0.15) is 17.2 Å². The average molecular weight is 258 g/mol. The van der Waals surface area contributed by atoms with Crippen molar-refractivity contribution in [1.29, 1.82) is 0 Å². The topological polar surface area (TPSA) is 60.7 Å². The molecule has 0 heterocycles. The number of rotatable bonds is 2. The van der Waals surface area contributed by atoms with Crippen LogP contribution in [-0.4, -0.2) is 32.7 Å². The molecule has 0 amide bonds. The largest absolute Gasteiger partial charge is 0.508 e. The van der Waals surface area contributed by atoms with Crippen molar-refractivity contribution >= 4 is 29.5 Å². The van der Waals surface area contributed by atoms with Crippen LogP contribution in [0, 0.1) is 0 Å². The molecule has 3 N–H and O–H groups in total. The molecule has 0 atom stereocenters. The van der Waals surface area contributed by atoms with E-state index >= 15 is 0 Å². The van der Waals surface area contributed by atoms with Crippen LogP contribution in [-0.2, 0) is 0 Å². The first-order valence-corrected chi connectivity index (χ1v) is 5.13. The van der Waals surface area contributed by atoms with Gasteiger partial charge in [0, 0.05) is 6.07 Å². The van der Waals surface area contributed by atoms with E-state index in [0.29, 0.717) is 5.56 Å². The highest BCUT2D eigenvalue weighted by Crippen LogP contribution is 2.22. The van der Waals surface area contributed by atoms with Crippen molar-refractivity contribution in [3.05, 3.63) is 53.6 Å². The van der Waals surface area contributed by atoms with Crippen molar-refractivity contribution in [2.75, 3.05) is 0 Å². The van der Waals surface area contributed by atoms with Gasteiger partial charge in [-0.3, -0.25) is 0 Å². The zero-order valence-corrected chi connectivity index (χ0v) is 9.04. The maximum Gasteiger partial charge on any atom is 0.187 e. The Morgan fingerprint density at radius 2 is 1.11 bits per heavy atom. The van der Waals surface area contributed by atoms with Gasteiger partial charge < -0.3 is 15.3 Å². The Morgan fingerprint density at radius 3 is 1.67 bits per heavy atom. The van der Waals surface area contributed by atoms with Crippen LogP contribution < -0.4 is 0 Å². The van der Waals surface area contributed by atoms with Crippen LogP contribution in [0.25, 0.3) is 12.2 Å². The number of hydrogen-bond donors (Lipinski definition) is 3. The molecule has 0 radical (unpaired) electrons. The van der Waals surface area contributed by atoms with E-state index in [1.54, 1.807) is 42.5 Å². The van der Waals surface area contributed by atoms with E-state index in [1.807, 2.05) is 6.08 Å². The molecule has 0 aliphatic carbocycles. The lowest BCUT2D eigenvalue weighted by atomic mass is 10.1. The second-order valence-electron chi connectivity index (χ2n) is 3.71. The number of benzene rings is 2. The second-order valence-corrected chi connectivity index (χ2v) is 3.71. The maximum atomic E-state index is 9.30. The molecule has 0 aliphatic heterocycles. The standard InChI is InChI=1S/C14H12O3.Al.3H/c15-12-5-3-10(4-6-12)1-2-11-7-13(16)9-14(17)8-11;;;;/h1-9,15-17H;;;;. The van der Waals surface area contributed by atoms with Gasteiger partial charge in [0.15, 0.2) is 17.4 Å². The minimum atomic E-state index is 0. The Bertz CT molecular complexity index is 527. The van der Waals surface area contributed by atoms with Gasteiger partial charge in [-0.15, -0.1) is 0 Å². The van der Waals surface area contributed by atoms with E-state index in [1.165, 1.54) is 6.07 Å². The Labute approximate surface area is 116 Å². The Balaban J connectivity index is 0.00000162. The van der Waals surface area contributed by atoms with Gasteiger partial charge in [-0.1, -0.05) is 24.3 Å². The lowest BCUT2D eigenvalue weighted by molar-refractivity contribution is 0.450. The van der Waals surface area contributed by atoms with Crippen molar-refractivity contribution in [2.24, 2.45) is 0 Å². The molecule has 4 heteroatoms. The summed E-state index contributed by atoms with van der Waals surface area (Å²) in [6.45, 7) is 0. The summed E-state index contributed by atoms with van der Waals surface area (Å²) in [5, 5.41) is 27.7. The van der Waals surface area contributed by atoms with Gasteiger partial charge in [-0.2, -0.15) is 0 Å². The summed E-state index contributed by atoms with van der Waals surface area (Å²) in [5.74, 6) is 0.267. The van der Waals surface area contributed by atoms with E-state index in [-0.39, 0.29) is 34.6 Å². The first kappa shape index (κ1) is 14.2. The van der Waals surface area contributed by atoms with Crippen LogP contribution in [0.15, 0.2) is 42.5 Å². The summed E-state index contributed by atoms with van der Waals surface area (Å²) in [7, 11) is 0. The predicted octanol–water partition coefficient (Wildman–Crippen LogP) is 1.79. The fourth-order valence-corrected chi connectivity index (χ4v) is 1.49. The summed E-state index contributed by atoms with van der Waals surface area (Å²) >= 11 is 0. The lowest BCUT2D eigenvalue weighted by Crippen LogP contribution is -1.74. The molecule has 0 saturated carbocycles. The van der Waals surface area contributed by atoms with Crippen LogP contribution in [0.2, 0.25) is 0 Å². The fourth-order valence-electron chi connectivity index (χ4n) is 1.49. The second kappa shape index (κ2) is 6.16. The SMILES string of the molecule is Oc1ccc(C=Cc2cc(O)cc(O)c2)cc1.[AlH3]. The Kier molecular flexibility index (Phi) is 4.85. The normalized spacial score (nSPS) is 10.2. The number of hydrogen-bond acceptors (Lipinski definition) is 3. The molecule has 92 valence electrons. The van der Waals surface area contributed by atoms with Gasteiger partial charge in [0.05, 0.1) is 0 Å². The van der Waals surface area contributed by atoms with Crippen molar-refractivity contribution in [3.63, 3.8) is 0 Å². The third-order valence-corrected chi connectivity index (χ3v) is 2.29. The van der Waals surface area contributed by atoms with Crippen LogP contribution in [0.4, 0.5) is 0 Å². The van der Waals surface area contributed by atoms with Crippen LogP contribution >= 0.6 is 0 Å². The first-order valence-electron chi connectivity index (χ1n) is 5.13. The summed E-state index contributed by atoms with van der Waals surface area (Å²) < 4.78 is 0. The van der Waals surface area contributed by atoms with Crippen molar-refractivity contribution in [3.8, 4) is 17.2 Å². The summed E-state index contributed by atoms with van der Waals surface area (Å²) in [5.41, 5.74) is 1.63. The van der Waals surface area contributed by atoms with Gasteiger partial charge in [-0.05, 0) is 35.4 Å². The van der Waals surface area contributed by atoms with E-state index < -0.39 is 0 Å². The quantitative estimate of drug-likeness (QED) is 0.568. The molecule has 0 spiro atoms. The zero-order valence-electron chi connectivity index (χ0n) is 9.04. The van der Waals surface area contributed by atoms with E-state index in [4.69, 9.17) is 5.11 Å². The number of aromatic hydroxyl groups is 3. The highest BCUT2D eigenvalue weighted by molar-refractivity contribution is 5.75. The molecular formula is C14H15AlO3. The van der Waals surface area contributed by atoms with E-state index in [0.717, 1.165) is 5.56 Å². The van der Waals surface area contributed by atoms with Crippen LogP contribution in [0.5, 0.6) is 17.2 Å². The molecule has 0 aromatic heterocycles. The molecule has 2 aromatic rings. The Hall–Kier alpha value is -1.89. The number of phenols is 3. The molecule has 2 aromatic carbocycles. The van der Waals surface area contributed by atoms with Gasteiger partial charge >= 0.3 is 0 Å². The third-order valence-electron chi connectivity index (χ3n) is 2.29. The van der Waals surface area contributed by atoms with Gasteiger partial charge in [0.25, 0.3) is 0 Å². The Morgan fingerprint density at radius 1 is 0.611 bits per heavy atom. The highest BCUT2D eigenvalue weighted by atomic mass is 27.0. The lowest BCUT2D eigenvalue weighted by Gasteiger charge is -1.98. The summed E-state index contributed by atoms with van der Waals surface area (Å²) in [6, 6.07) is 11.1. The van der Waals surface area contributed by atoms with Crippen molar-refractivity contribution < 1.29 is 15.3 Å². The fraction of sp³-hybridized carbons (Fsp3) is 0. The van der Waals surface area contributed by atoms with Gasteiger partial charge in [-0.25, -0.2) is 0 Å². The molecule has 0 aliphatic rings.